The number of halogens is 4. The van der Waals surface area contributed by atoms with E-state index in [0.29, 0.717) is 24.3 Å². The second-order valence-corrected chi connectivity index (χ2v) is 6.14. The highest BCUT2D eigenvalue weighted by atomic mass is 35.5. The fraction of sp³-hybridized carbons (Fsp3) is 0.400. The molecule has 0 bridgehead atoms. The Bertz CT molecular complexity index is 792. The molecule has 3 heterocycles. The molecule has 2 aromatic rings. The molecule has 0 aliphatic carbocycles. The van der Waals surface area contributed by atoms with Crippen molar-refractivity contribution in [2.45, 2.75) is 19.1 Å². The van der Waals surface area contributed by atoms with Gasteiger partial charge in [0.1, 0.15) is 0 Å². The first-order chi connectivity index (χ1) is 11.8. The van der Waals surface area contributed by atoms with Crippen LogP contribution in [0.1, 0.15) is 23.0 Å². The van der Waals surface area contributed by atoms with Crippen LogP contribution in [-0.4, -0.2) is 51.2 Å². The molecule has 1 aliphatic heterocycles. The SMILES string of the molecule is C[C@@H]1CN(C(=O)c2cnn(-c3ncccc3Cl)c2C(F)(F)F)CCN1. The number of carbonyl (C=O) groups is 1. The summed E-state index contributed by atoms with van der Waals surface area (Å²) >= 11 is 5.94. The number of rotatable bonds is 2. The second kappa shape index (κ2) is 6.64. The van der Waals surface area contributed by atoms with Gasteiger partial charge < -0.3 is 10.2 Å². The minimum absolute atomic E-state index is 0.00546. The van der Waals surface area contributed by atoms with E-state index >= 15 is 0 Å². The van der Waals surface area contributed by atoms with Gasteiger partial charge in [-0.1, -0.05) is 11.6 Å². The Morgan fingerprint density at radius 3 is 2.84 bits per heavy atom. The third-order valence-electron chi connectivity index (χ3n) is 3.86. The Labute approximate surface area is 146 Å². The first-order valence-electron chi connectivity index (χ1n) is 7.58. The molecule has 134 valence electrons. The van der Waals surface area contributed by atoms with Gasteiger partial charge in [0.2, 0.25) is 0 Å². The molecule has 1 aliphatic rings. The number of carbonyl (C=O) groups excluding carboxylic acids is 1. The van der Waals surface area contributed by atoms with E-state index in [1.54, 1.807) is 0 Å². The topological polar surface area (TPSA) is 63.1 Å². The predicted octanol–water partition coefficient (Wildman–Crippen LogP) is 2.37. The van der Waals surface area contributed by atoms with Crippen molar-refractivity contribution in [1.29, 1.82) is 0 Å². The Morgan fingerprint density at radius 2 is 2.20 bits per heavy atom. The van der Waals surface area contributed by atoms with Crippen molar-refractivity contribution < 1.29 is 18.0 Å². The molecular weight excluding hydrogens is 359 g/mol. The van der Waals surface area contributed by atoms with Gasteiger partial charge in [-0.25, -0.2) is 9.67 Å². The standard InChI is InChI=1S/C15H15ClF3N5O/c1-9-8-23(6-5-20-9)14(25)10-7-22-24(12(10)15(17,18)19)13-11(16)3-2-4-21-13/h2-4,7,9,20H,5-6,8H2,1H3/t9-/m1/s1. The van der Waals surface area contributed by atoms with Gasteiger partial charge in [0.05, 0.1) is 16.8 Å². The van der Waals surface area contributed by atoms with Crippen molar-refractivity contribution in [3.8, 4) is 5.82 Å². The summed E-state index contributed by atoms with van der Waals surface area (Å²) in [5, 5.41) is 6.88. The lowest BCUT2D eigenvalue weighted by Crippen LogP contribution is -2.51. The summed E-state index contributed by atoms with van der Waals surface area (Å²) in [5.41, 5.74) is -1.69. The average Bonchev–Trinajstić information content (AvgIpc) is 2.99. The molecule has 2 aromatic heterocycles. The molecule has 0 aromatic carbocycles. The molecular formula is C15H15ClF3N5O. The van der Waals surface area contributed by atoms with Crippen LogP contribution in [0.15, 0.2) is 24.5 Å². The second-order valence-electron chi connectivity index (χ2n) is 5.73. The van der Waals surface area contributed by atoms with Gasteiger partial charge >= 0.3 is 6.18 Å². The molecule has 0 spiro atoms. The summed E-state index contributed by atoms with van der Waals surface area (Å²) < 4.78 is 41.5. The van der Waals surface area contributed by atoms with Crippen LogP contribution in [0.3, 0.4) is 0 Å². The molecule has 1 N–H and O–H groups in total. The van der Waals surface area contributed by atoms with Gasteiger partial charge in [-0.05, 0) is 19.1 Å². The van der Waals surface area contributed by atoms with E-state index in [0.717, 1.165) is 6.20 Å². The van der Waals surface area contributed by atoms with Gasteiger partial charge in [0.15, 0.2) is 11.5 Å². The Morgan fingerprint density at radius 1 is 1.44 bits per heavy atom. The van der Waals surface area contributed by atoms with Crippen molar-refractivity contribution in [3.05, 3.63) is 40.8 Å². The van der Waals surface area contributed by atoms with Crippen molar-refractivity contribution in [1.82, 2.24) is 25.0 Å². The van der Waals surface area contributed by atoms with Crippen LogP contribution in [-0.2, 0) is 6.18 Å². The smallest absolute Gasteiger partial charge is 0.336 e. The summed E-state index contributed by atoms with van der Waals surface area (Å²) in [7, 11) is 0. The van der Waals surface area contributed by atoms with E-state index in [1.165, 1.54) is 23.2 Å². The number of nitrogens with one attached hydrogen (secondary N) is 1. The highest BCUT2D eigenvalue weighted by Crippen LogP contribution is 2.35. The molecule has 3 rings (SSSR count). The molecule has 0 unspecified atom stereocenters. The van der Waals surface area contributed by atoms with E-state index in [9.17, 15) is 18.0 Å². The highest BCUT2D eigenvalue weighted by Gasteiger charge is 2.42. The first kappa shape index (κ1) is 17.7. The van der Waals surface area contributed by atoms with Gasteiger partial charge in [0.25, 0.3) is 5.91 Å². The van der Waals surface area contributed by atoms with Crippen LogP contribution in [0.4, 0.5) is 13.2 Å². The van der Waals surface area contributed by atoms with Crippen LogP contribution < -0.4 is 5.32 Å². The lowest BCUT2D eigenvalue weighted by Gasteiger charge is -2.32. The van der Waals surface area contributed by atoms with Crippen LogP contribution in [0.2, 0.25) is 5.02 Å². The van der Waals surface area contributed by atoms with Crippen LogP contribution in [0, 0.1) is 0 Å². The molecule has 1 amide bonds. The zero-order valence-electron chi connectivity index (χ0n) is 13.2. The number of nitrogens with zero attached hydrogens (tertiary/aromatic N) is 4. The summed E-state index contributed by atoms with van der Waals surface area (Å²) in [4.78, 5) is 17.9. The summed E-state index contributed by atoms with van der Waals surface area (Å²) in [5.74, 6) is -0.886. The zero-order valence-corrected chi connectivity index (χ0v) is 14.0. The van der Waals surface area contributed by atoms with Crippen molar-refractivity contribution in [2.24, 2.45) is 0 Å². The lowest BCUT2D eigenvalue weighted by atomic mass is 10.1. The van der Waals surface area contributed by atoms with E-state index in [2.05, 4.69) is 15.4 Å². The fourth-order valence-corrected chi connectivity index (χ4v) is 2.96. The van der Waals surface area contributed by atoms with Gasteiger partial charge in [0, 0.05) is 31.9 Å². The number of alkyl halides is 3. The van der Waals surface area contributed by atoms with Gasteiger partial charge in [-0.3, -0.25) is 4.79 Å². The maximum absolute atomic E-state index is 13.6. The molecule has 6 nitrogen and oxygen atoms in total. The molecule has 10 heteroatoms. The highest BCUT2D eigenvalue weighted by molar-refractivity contribution is 6.32. The number of piperazine rings is 1. The Kier molecular flexibility index (Phi) is 4.70. The third-order valence-corrected chi connectivity index (χ3v) is 4.16. The number of amides is 1. The monoisotopic (exact) mass is 373 g/mol. The van der Waals surface area contributed by atoms with E-state index in [-0.39, 0.29) is 16.9 Å². The van der Waals surface area contributed by atoms with E-state index in [4.69, 9.17) is 11.6 Å². The Balaban J connectivity index is 2.06. The van der Waals surface area contributed by atoms with Crippen molar-refractivity contribution in [2.75, 3.05) is 19.6 Å². The van der Waals surface area contributed by atoms with Gasteiger partial charge in [-0.15, -0.1) is 0 Å². The number of aromatic nitrogens is 3. The average molecular weight is 374 g/mol. The molecule has 25 heavy (non-hydrogen) atoms. The van der Waals surface area contributed by atoms with E-state index in [1.807, 2.05) is 6.92 Å². The van der Waals surface area contributed by atoms with E-state index < -0.39 is 23.3 Å². The number of hydrogen-bond acceptors (Lipinski definition) is 4. The minimum Gasteiger partial charge on any atom is -0.336 e. The molecule has 1 fully saturated rings. The first-order valence-corrected chi connectivity index (χ1v) is 7.95. The summed E-state index contributed by atoms with van der Waals surface area (Å²) in [6, 6.07) is 2.91. The van der Waals surface area contributed by atoms with Crippen molar-refractivity contribution in [3.63, 3.8) is 0 Å². The minimum atomic E-state index is -4.79. The largest absolute Gasteiger partial charge is 0.434 e. The molecule has 1 saturated heterocycles. The predicted molar refractivity (Wildman–Crippen MR) is 84.7 cm³/mol. The molecule has 0 saturated carbocycles. The fourth-order valence-electron chi connectivity index (χ4n) is 2.76. The van der Waals surface area contributed by atoms with Crippen LogP contribution in [0.25, 0.3) is 5.82 Å². The summed E-state index contributed by atoms with van der Waals surface area (Å²) in [6.45, 7) is 3.04. The van der Waals surface area contributed by atoms with Crippen molar-refractivity contribution >= 4 is 17.5 Å². The lowest BCUT2D eigenvalue weighted by molar-refractivity contribution is -0.143. The zero-order chi connectivity index (χ0) is 18.2. The quantitative estimate of drug-likeness (QED) is 0.878. The number of hydrogen-bond donors (Lipinski definition) is 1. The normalized spacial score (nSPS) is 18.4. The molecule has 0 radical (unpaired) electrons. The summed E-state index contributed by atoms with van der Waals surface area (Å²) in [6.07, 6.45) is -2.56. The van der Waals surface area contributed by atoms with Crippen LogP contribution >= 0.6 is 11.6 Å². The molecule has 1 atom stereocenters. The van der Waals surface area contributed by atoms with Gasteiger partial charge in [-0.2, -0.15) is 18.3 Å². The van der Waals surface area contributed by atoms with Crippen LogP contribution in [0.5, 0.6) is 0 Å². The Hall–Kier alpha value is -2.13. The maximum Gasteiger partial charge on any atom is 0.434 e. The third kappa shape index (κ3) is 3.47. The maximum atomic E-state index is 13.6. The number of pyridine rings is 1.